The van der Waals surface area contributed by atoms with E-state index in [9.17, 15) is 4.79 Å². The summed E-state index contributed by atoms with van der Waals surface area (Å²) in [6.07, 6.45) is 0. The van der Waals surface area contributed by atoms with Gasteiger partial charge in [0.15, 0.2) is 0 Å². The zero-order chi connectivity index (χ0) is 14.8. The van der Waals surface area contributed by atoms with Gasteiger partial charge in [0.05, 0.1) is 5.69 Å². The first-order chi connectivity index (χ1) is 9.43. The maximum Gasteiger partial charge on any atom is 0.248 e. The maximum absolute atomic E-state index is 12.5. The first kappa shape index (κ1) is 15.2. The maximum atomic E-state index is 12.5. The van der Waals surface area contributed by atoms with E-state index in [-0.39, 0.29) is 5.91 Å². The monoisotopic (exact) mass is 396 g/mol. The standard InChI is InChI=1S/C15H14Br2N2O/c1-15(18,10-6-3-2-4-7-10)14(20)19-13-11(16)8-5-9-12(13)17/h2-9H,18H2,1H3,(H,19,20). The highest BCUT2D eigenvalue weighted by atomic mass is 79.9. The number of para-hydroxylation sites is 1. The van der Waals surface area contributed by atoms with Crippen LogP contribution in [0.3, 0.4) is 0 Å². The molecular weight excluding hydrogens is 384 g/mol. The van der Waals surface area contributed by atoms with E-state index in [1.54, 1.807) is 6.92 Å². The van der Waals surface area contributed by atoms with Crippen molar-refractivity contribution < 1.29 is 4.79 Å². The smallest absolute Gasteiger partial charge is 0.248 e. The molecule has 5 heteroatoms. The number of hydrogen-bond donors (Lipinski definition) is 2. The van der Waals surface area contributed by atoms with E-state index in [1.165, 1.54) is 0 Å². The first-order valence-corrected chi connectivity index (χ1v) is 7.61. The second kappa shape index (κ2) is 6.08. The molecule has 0 spiro atoms. The second-order valence-electron chi connectivity index (χ2n) is 4.62. The van der Waals surface area contributed by atoms with Crippen molar-refractivity contribution in [2.45, 2.75) is 12.5 Å². The quantitative estimate of drug-likeness (QED) is 0.821. The van der Waals surface area contributed by atoms with Crippen LogP contribution in [-0.4, -0.2) is 5.91 Å². The van der Waals surface area contributed by atoms with Crippen molar-refractivity contribution in [3.63, 3.8) is 0 Å². The third-order valence-electron chi connectivity index (χ3n) is 3.05. The SMILES string of the molecule is CC(N)(C(=O)Nc1c(Br)cccc1Br)c1ccccc1. The average molecular weight is 398 g/mol. The van der Waals surface area contributed by atoms with Crippen molar-refractivity contribution >= 4 is 43.5 Å². The molecule has 0 heterocycles. The number of anilines is 1. The molecule has 2 aromatic rings. The Kier molecular flexibility index (Phi) is 4.62. The number of benzene rings is 2. The zero-order valence-electron chi connectivity index (χ0n) is 10.9. The molecule has 20 heavy (non-hydrogen) atoms. The summed E-state index contributed by atoms with van der Waals surface area (Å²) in [4.78, 5) is 12.5. The molecule has 2 aromatic carbocycles. The van der Waals surface area contributed by atoms with Gasteiger partial charge in [-0.25, -0.2) is 0 Å². The lowest BCUT2D eigenvalue weighted by Crippen LogP contribution is -2.45. The number of nitrogens with one attached hydrogen (secondary N) is 1. The van der Waals surface area contributed by atoms with E-state index < -0.39 is 5.54 Å². The summed E-state index contributed by atoms with van der Waals surface area (Å²) < 4.78 is 1.59. The molecule has 2 rings (SSSR count). The molecule has 0 saturated carbocycles. The van der Waals surface area contributed by atoms with Crippen molar-refractivity contribution in [2.75, 3.05) is 5.32 Å². The minimum atomic E-state index is -1.10. The van der Waals surface area contributed by atoms with Crippen molar-refractivity contribution in [1.82, 2.24) is 0 Å². The predicted octanol–water partition coefficient (Wildman–Crippen LogP) is 4.02. The van der Waals surface area contributed by atoms with E-state index >= 15 is 0 Å². The molecule has 104 valence electrons. The third kappa shape index (κ3) is 3.11. The van der Waals surface area contributed by atoms with Gasteiger partial charge in [-0.15, -0.1) is 0 Å². The van der Waals surface area contributed by atoms with Crippen LogP contribution in [0, 0.1) is 0 Å². The van der Waals surface area contributed by atoms with Crippen LogP contribution in [0.15, 0.2) is 57.5 Å². The van der Waals surface area contributed by atoms with Crippen molar-refractivity contribution in [1.29, 1.82) is 0 Å². The van der Waals surface area contributed by atoms with Crippen molar-refractivity contribution in [3.8, 4) is 0 Å². The fourth-order valence-corrected chi connectivity index (χ4v) is 2.97. The summed E-state index contributed by atoms with van der Waals surface area (Å²) in [5, 5.41) is 2.86. The van der Waals surface area contributed by atoms with Crippen LogP contribution in [-0.2, 0) is 10.3 Å². The molecule has 1 atom stereocenters. The lowest BCUT2D eigenvalue weighted by molar-refractivity contribution is -0.120. The molecule has 0 aliphatic carbocycles. The van der Waals surface area contributed by atoms with Gasteiger partial charge in [-0.05, 0) is 56.5 Å². The summed E-state index contributed by atoms with van der Waals surface area (Å²) >= 11 is 6.83. The largest absolute Gasteiger partial charge is 0.322 e. The Morgan fingerprint density at radius 1 is 1.05 bits per heavy atom. The van der Waals surface area contributed by atoms with Gasteiger partial charge >= 0.3 is 0 Å². The highest BCUT2D eigenvalue weighted by Crippen LogP contribution is 2.31. The van der Waals surface area contributed by atoms with E-state index in [4.69, 9.17) is 5.73 Å². The predicted molar refractivity (Wildman–Crippen MR) is 88.5 cm³/mol. The second-order valence-corrected chi connectivity index (χ2v) is 6.33. The zero-order valence-corrected chi connectivity index (χ0v) is 14.0. The van der Waals surface area contributed by atoms with Gasteiger partial charge in [-0.2, -0.15) is 0 Å². The molecular formula is C15H14Br2N2O. The molecule has 1 amide bonds. The van der Waals surface area contributed by atoms with Crippen LogP contribution in [0.4, 0.5) is 5.69 Å². The van der Waals surface area contributed by atoms with Crippen LogP contribution in [0.25, 0.3) is 0 Å². The van der Waals surface area contributed by atoms with E-state index in [1.807, 2.05) is 48.5 Å². The highest BCUT2D eigenvalue weighted by Gasteiger charge is 2.31. The molecule has 3 N–H and O–H groups in total. The van der Waals surface area contributed by atoms with Crippen LogP contribution >= 0.6 is 31.9 Å². The van der Waals surface area contributed by atoms with Crippen LogP contribution in [0.2, 0.25) is 0 Å². The van der Waals surface area contributed by atoms with Crippen molar-refractivity contribution in [3.05, 3.63) is 63.0 Å². The summed E-state index contributed by atoms with van der Waals surface area (Å²) in [7, 11) is 0. The molecule has 3 nitrogen and oxygen atoms in total. The molecule has 0 fully saturated rings. The number of hydrogen-bond acceptors (Lipinski definition) is 2. The van der Waals surface area contributed by atoms with Crippen LogP contribution < -0.4 is 11.1 Å². The van der Waals surface area contributed by atoms with Crippen LogP contribution in [0.5, 0.6) is 0 Å². The molecule has 0 radical (unpaired) electrons. The van der Waals surface area contributed by atoms with Gasteiger partial charge < -0.3 is 11.1 Å². The van der Waals surface area contributed by atoms with Gasteiger partial charge in [0, 0.05) is 8.95 Å². The molecule has 0 aliphatic rings. The number of carbonyl (C=O) groups excluding carboxylic acids is 1. The molecule has 0 aromatic heterocycles. The highest BCUT2D eigenvalue weighted by molar-refractivity contribution is 9.11. The van der Waals surface area contributed by atoms with Gasteiger partial charge in [-0.3, -0.25) is 4.79 Å². The van der Waals surface area contributed by atoms with Gasteiger partial charge in [-0.1, -0.05) is 36.4 Å². The minimum Gasteiger partial charge on any atom is -0.322 e. The fraction of sp³-hybridized carbons (Fsp3) is 0.133. The molecule has 0 saturated heterocycles. The summed E-state index contributed by atoms with van der Waals surface area (Å²) in [5.74, 6) is -0.267. The van der Waals surface area contributed by atoms with E-state index in [0.717, 1.165) is 14.5 Å². The Bertz CT molecular complexity index is 607. The molecule has 0 bridgehead atoms. The van der Waals surface area contributed by atoms with Gasteiger partial charge in [0.2, 0.25) is 5.91 Å². The van der Waals surface area contributed by atoms with Gasteiger partial charge in [0.25, 0.3) is 0 Å². The summed E-state index contributed by atoms with van der Waals surface area (Å²) in [6.45, 7) is 1.70. The van der Waals surface area contributed by atoms with E-state index in [2.05, 4.69) is 37.2 Å². The number of amides is 1. The molecule has 0 aliphatic heterocycles. The normalized spacial score (nSPS) is 13.6. The first-order valence-electron chi connectivity index (χ1n) is 6.03. The Labute approximate surface area is 134 Å². The lowest BCUT2D eigenvalue weighted by atomic mass is 9.92. The van der Waals surface area contributed by atoms with Crippen LogP contribution in [0.1, 0.15) is 12.5 Å². The molecule has 1 unspecified atom stereocenters. The lowest BCUT2D eigenvalue weighted by Gasteiger charge is -2.24. The third-order valence-corrected chi connectivity index (χ3v) is 4.37. The Hall–Kier alpha value is -1.17. The van der Waals surface area contributed by atoms with E-state index in [0.29, 0.717) is 5.69 Å². The number of rotatable bonds is 3. The topological polar surface area (TPSA) is 55.1 Å². The summed E-state index contributed by atoms with van der Waals surface area (Å²) in [6, 6.07) is 14.9. The summed E-state index contributed by atoms with van der Waals surface area (Å²) in [5.41, 5.74) is 6.52. The number of halogens is 2. The number of carbonyl (C=O) groups is 1. The Morgan fingerprint density at radius 3 is 2.15 bits per heavy atom. The Morgan fingerprint density at radius 2 is 1.60 bits per heavy atom. The van der Waals surface area contributed by atoms with Gasteiger partial charge in [0.1, 0.15) is 5.54 Å². The number of nitrogens with two attached hydrogens (primary N) is 1. The Balaban J connectivity index is 2.28. The van der Waals surface area contributed by atoms with Crippen molar-refractivity contribution in [2.24, 2.45) is 5.73 Å². The fourth-order valence-electron chi connectivity index (χ4n) is 1.78. The average Bonchev–Trinajstić information content (AvgIpc) is 2.43. The minimum absolute atomic E-state index is 0.267.